The summed E-state index contributed by atoms with van der Waals surface area (Å²) in [6.45, 7) is 0.741. The van der Waals surface area contributed by atoms with E-state index in [-0.39, 0.29) is 0 Å². The van der Waals surface area contributed by atoms with Crippen LogP contribution in [0.1, 0.15) is 34.4 Å². The number of fused-ring (bicyclic) bond motifs is 6. The maximum absolute atomic E-state index is 10.4. The molecule has 0 aliphatic heterocycles. The smallest absolute Gasteiger partial charge is 0.0998 e. The van der Waals surface area contributed by atoms with Crippen LogP contribution in [-0.2, 0) is 13.0 Å². The molecule has 8 aromatic rings. The van der Waals surface area contributed by atoms with E-state index in [0.717, 1.165) is 52.8 Å². The van der Waals surface area contributed by atoms with Gasteiger partial charge in [0.15, 0.2) is 0 Å². The Balaban J connectivity index is 1.19. The van der Waals surface area contributed by atoms with Crippen LogP contribution in [0.3, 0.4) is 0 Å². The predicted octanol–water partition coefficient (Wildman–Crippen LogP) is 10.8. The van der Waals surface area contributed by atoms with Crippen LogP contribution < -0.4 is 0 Å². The molecule has 0 N–H and O–H groups in total. The lowest BCUT2D eigenvalue weighted by Crippen LogP contribution is -2.05. The molecule has 1 aliphatic carbocycles. The van der Waals surface area contributed by atoms with Crippen molar-refractivity contribution in [3.8, 4) is 40.1 Å². The third kappa shape index (κ3) is 4.66. The second-order valence-corrected chi connectivity index (χ2v) is 12.7. The number of hydrogen-bond donors (Lipinski definition) is 0. The molecule has 0 bridgehead atoms. The van der Waals surface area contributed by atoms with E-state index in [2.05, 4.69) is 137 Å². The molecule has 9 rings (SSSR count). The minimum Gasteiger partial charge on any atom is -0.336 e. The normalized spacial score (nSPS) is 12.3. The molecule has 4 heteroatoms. The molecule has 4 nitrogen and oxygen atoms in total. The molecule has 6 aromatic carbocycles. The first kappa shape index (κ1) is 28.6. The molecule has 0 saturated carbocycles. The van der Waals surface area contributed by atoms with Crippen molar-refractivity contribution in [2.75, 3.05) is 0 Å². The van der Waals surface area contributed by atoms with Gasteiger partial charge in [-0.2, -0.15) is 10.5 Å². The monoisotopic (exact) mass is 626 g/mol. The molecule has 2 aromatic heterocycles. The van der Waals surface area contributed by atoms with E-state index in [4.69, 9.17) is 0 Å². The summed E-state index contributed by atoms with van der Waals surface area (Å²) in [5.41, 5.74) is 13.2. The highest BCUT2D eigenvalue weighted by atomic mass is 15.0. The van der Waals surface area contributed by atoms with Crippen molar-refractivity contribution in [1.82, 2.24) is 9.13 Å². The summed E-state index contributed by atoms with van der Waals surface area (Å²) < 4.78 is 4.71. The average Bonchev–Trinajstić information content (AvgIpc) is 3.67. The van der Waals surface area contributed by atoms with Crippen molar-refractivity contribution in [3.05, 3.63) is 167 Å². The molecule has 0 saturated heterocycles. The fraction of sp³-hybridized carbons (Fsp3) is 0.0667. The van der Waals surface area contributed by atoms with Crippen LogP contribution in [-0.4, -0.2) is 9.13 Å². The molecule has 49 heavy (non-hydrogen) atoms. The lowest BCUT2D eigenvalue weighted by Gasteiger charge is -2.19. The number of nitriles is 2. The maximum Gasteiger partial charge on any atom is 0.0998 e. The zero-order chi connectivity index (χ0) is 32.9. The lowest BCUT2D eigenvalue weighted by atomic mass is 9.92. The predicted molar refractivity (Wildman–Crippen MR) is 199 cm³/mol. The number of nitrogens with zero attached hydrogens (tertiary/aromatic N) is 4. The Morgan fingerprint density at radius 2 is 1.31 bits per heavy atom. The molecular formula is C45H30N4. The van der Waals surface area contributed by atoms with Crippen molar-refractivity contribution in [2.45, 2.75) is 19.4 Å². The summed E-state index contributed by atoms with van der Waals surface area (Å²) in [4.78, 5) is 0. The molecule has 0 atom stereocenters. The highest BCUT2D eigenvalue weighted by Gasteiger charge is 2.22. The van der Waals surface area contributed by atoms with E-state index in [1.54, 1.807) is 0 Å². The highest BCUT2D eigenvalue weighted by molar-refractivity contribution is 6.08. The Morgan fingerprint density at radius 3 is 2.06 bits per heavy atom. The number of benzene rings is 6. The summed E-state index contributed by atoms with van der Waals surface area (Å²) in [5, 5.41) is 24.1. The molecule has 1 aliphatic rings. The Bertz CT molecular complexity index is 2670. The van der Waals surface area contributed by atoms with Crippen molar-refractivity contribution < 1.29 is 0 Å². The Kier molecular flexibility index (Phi) is 6.75. The minimum atomic E-state index is 0.587. The first-order valence-electron chi connectivity index (χ1n) is 16.6. The standard InChI is InChI=1S/C45H30N4/c46-27-30-20-23-39(45(25-30)49-43-18-7-3-14-37(43)38-15-4-8-19-44(38)49)40-26-33(21-22-34(40)28-47)32-11-9-10-31(24-32)29-48-41-16-5-1-12-35(41)36-13-2-6-17-42(36)48/h1-7,9-18,20-26H,8,19,29H2. The van der Waals surface area contributed by atoms with Crippen LogP contribution in [0.4, 0.5) is 0 Å². The summed E-state index contributed by atoms with van der Waals surface area (Å²) in [7, 11) is 0. The third-order valence-corrected chi connectivity index (χ3v) is 9.93. The zero-order valence-electron chi connectivity index (χ0n) is 26.8. The van der Waals surface area contributed by atoms with Crippen LogP contribution in [0.5, 0.6) is 0 Å². The van der Waals surface area contributed by atoms with Gasteiger partial charge in [0, 0.05) is 56.1 Å². The van der Waals surface area contributed by atoms with Gasteiger partial charge in [-0.1, -0.05) is 97.1 Å². The molecule has 0 amide bonds. The van der Waals surface area contributed by atoms with Gasteiger partial charge in [0.25, 0.3) is 0 Å². The summed E-state index contributed by atoms with van der Waals surface area (Å²) in [6.07, 6.45) is 6.32. The second kappa shape index (κ2) is 11.6. The Labute approximate surface area is 284 Å². The number of para-hydroxylation sites is 3. The number of aromatic nitrogens is 2. The Hall–Kier alpha value is -6.62. The van der Waals surface area contributed by atoms with Crippen LogP contribution >= 0.6 is 0 Å². The van der Waals surface area contributed by atoms with Gasteiger partial charge < -0.3 is 9.13 Å². The van der Waals surface area contributed by atoms with Gasteiger partial charge in [0.05, 0.1) is 34.5 Å². The topological polar surface area (TPSA) is 57.4 Å². The van der Waals surface area contributed by atoms with Gasteiger partial charge in [-0.05, 0) is 78.1 Å². The molecular weight excluding hydrogens is 597 g/mol. The van der Waals surface area contributed by atoms with E-state index in [9.17, 15) is 10.5 Å². The minimum absolute atomic E-state index is 0.587. The van der Waals surface area contributed by atoms with Crippen molar-refractivity contribution >= 4 is 38.8 Å². The average molecular weight is 627 g/mol. The zero-order valence-corrected chi connectivity index (χ0v) is 26.8. The molecule has 0 unspecified atom stereocenters. The summed E-state index contributed by atoms with van der Waals surface area (Å²) in [5.74, 6) is 0. The summed E-state index contributed by atoms with van der Waals surface area (Å²) >= 11 is 0. The van der Waals surface area contributed by atoms with Gasteiger partial charge in [0.2, 0.25) is 0 Å². The van der Waals surface area contributed by atoms with Crippen molar-refractivity contribution in [3.63, 3.8) is 0 Å². The van der Waals surface area contributed by atoms with Gasteiger partial charge in [-0.15, -0.1) is 0 Å². The van der Waals surface area contributed by atoms with E-state index < -0.39 is 0 Å². The largest absolute Gasteiger partial charge is 0.336 e. The van der Waals surface area contributed by atoms with E-state index in [0.29, 0.717) is 11.1 Å². The number of hydrogen-bond acceptors (Lipinski definition) is 2. The summed E-state index contributed by atoms with van der Waals surface area (Å²) in [6, 6.07) is 51.1. The lowest BCUT2D eigenvalue weighted by molar-refractivity contribution is 0.869. The fourth-order valence-electron chi connectivity index (χ4n) is 7.71. The second-order valence-electron chi connectivity index (χ2n) is 12.7. The van der Waals surface area contributed by atoms with Crippen molar-refractivity contribution in [1.29, 1.82) is 10.5 Å². The number of allylic oxidation sites excluding steroid dienone is 1. The van der Waals surface area contributed by atoms with E-state index >= 15 is 0 Å². The maximum atomic E-state index is 10.4. The first-order valence-corrected chi connectivity index (χ1v) is 16.6. The third-order valence-electron chi connectivity index (χ3n) is 9.93. The molecule has 2 heterocycles. The van der Waals surface area contributed by atoms with E-state index in [1.807, 2.05) is 30.3 Å². The van der Waals surface area contributed by atoms with Crippen LogP contribution in [0.25, 0.3) is 66.7 Å². The molecule has 0 radical (unpaired) electrons. The quantitative estimate of drug-likeness (QED) is 0.191. The Morgan fingerprint density at radius 1 is 0.592 bits per heavy atom. The highest BCUT2D eigenvalue weighted by Crippen LogP contribution is 2.40. The molecule has 0 spiro atoms. The van der Waals surface area contributed by atoms with Gasteiger partial charge in [-0.25, -0.2) is 0 Å². The SMILES string of the molecule is N#Cc1ccc(-c2cc(-c3cccc(Cn4c5ccccc5c5ccccc54)c3)ccc2C#N)c(-n2c3c(c4ccccc42)C=CCC3)c1. The van der Waals surface area contributed by atoms with E-state index in [1.165, 1.54) is 44.0 Å². The van der Waals surface area contributed by atoms with Crippen LogP contribution in [0.15, 0.2) is 140 Å². The van der Waals surface area contributed by atoms with Gasteiger partial charge in [-0.3, -0.25) is 0 Å². The first-order chi connectivity index (χ1) is 24.2. The fourth-order valence-corrected chi connectivity index (χ4v) is 7.71. The van der Waals surface area contributed by atoms with Crippen molar-refractivity contribution in [2.24, 2.45) is 0 Å². The van der Waals surface area contributed by atoms with Gasteiger partial charge in [0.1, 0.15) is 0 Å². The number of rotatable bonds is 5. The van der Waals surface area contributed by atoms with Crippen LogP contribution in [0, 0.1) is 22.7 Å². The molecule has 0 fully saturated rings. The van der Waals surface area contributed by atoms with Gasteiger partial charge >= 0.3 is 0 Å². The van der Waals surface area contributed by atoms with Crippen LogP contribution in [0.2, 0.25) is 0 Å². The molecule has 230 valence electrons.